The van der Waals surface area contributed by atoms with Crippen LogP contribution in [0.3, 0.4) is 0 Å². The van der Waals surface area contributed by atoms with Gasteiger partial charge in [0.05, 0.1) is 29.5 Å². The second-order valence-electron chi connectivity index (χ2n) is 13.1. The van der Waals surface area contributed by atoms with Gasteiger partial charge in [-0.2, -0.15) is 0 Å². The first kappa shape index (κ1) is 32.5. The van der Waals surface area contributed by atoms with Crippen molar-refractivity contribution in [2.45, 2.75) is 76.9 Å². The number of nitrogens with one attached hydrogen (secondary N) is 1. The lowest BCUT2D eigenvalue weighted by atomic mass is 9.78. The molecular weight excluding hydrogens is 630 g/mol. The van der Waals surface area contributed by atoms with Gasteiger partial charge in [0.2, 0.25) is 5.91 Å². The Kier molecular flexibility index (Phi) is 9.36. The van der Waals surface area contributed by atoms with Crippen molar-refractivity contribution in [1.82, 2.24) is 29.7 Å². The molecule has 2 aliphatic carbocycles. The van der Waals surface area contributed by atoms with Crippen LogP contribution in [0.5, 0.6) is 5.75 Å². The molecular formula is C35H41N7O5S. The second-order valence-corrected chi connectivity index (χ2v) is 14.1. The Bertz CT molecular complexity index is 1790. The molecule has 7 rings (SSSR count). The largest absolute Gasteiger partial charge is 0.495 e. The van der Waals surface area contributed by atoms with Crippen LogP contribution in [-0.2, 0) is 16.1 Å². The van der Waals surface area contributed by atoms with E-state index in [9.17, 15) is 14.7 Å². The number of hydrogen-bond acceptors (Lipinski definition) is 11. The van der Waals surface area contributed by atoms with Gasteiger partial charge < -0.3 is 24.8 Å². The molecule has 0 radical (unpaired) electrons. The SMILES string of the molecule is COc1c(-c2cnc(CO[C@H]3CCC[C@@H]3O)nc2)ccc2nc(NC(=O)C3CC(N4CCN(C(=O)c5ccnc(C)c5)C[C@@H]4C)C3)sc12. The van der Waals surface area contributed by atoms with Crippen LogP contribution >= 0.6 is 11.3 Å². The number of aromatic nitrogens is 4. The van der Waals surface area contributed by atoms with E-state index in [1.807, 2.05) is 30.0 Å². The number of thiazole rings is 1. The highest BCUT2D eigenvalue weighted by Gasteiger charge is 2.41. The third-order valence-corrected chi connectivity index (χ3v) is 10.9. The smallest absolute Gasteiger partial charge is 0.254 e. The fourth-order valence-corrected chi connectivity index (χ4v) is 8.14. The standard InChI is InChI=1S/C35H41N7O5S/c1-20-13-22(9-10-36-20)34(45)41-11-12-42(21(2)18-41)25-14-23(15-25)33(44)40-35-39-27-8-7-26(31(46-3)32(27)48-35)24-16-37-30(38-17-24)19-47-29-6-4-5-28(29)43/h7-10,13,16-17,21,23,25,28-29,43H,4-6,11-12,14-15,18-19H2,1-3H3,(H,39,40,44)/t21-,23?,25?,28-,29-/m0/s1. The number of pyridine rings is 1. The zero-order valence-electron chi connectivity index (χ0n) is 27.5. The summed E-state index contributed by atoms with van der Waals surface area (Å²) in [6, 6.07) is 8.00. The van der Waals surface area contributed by atoms with Crippen LogP contribution in [0.2, 0.25) is 0 Å². The molecule has 2 N–H and O–H groups in total. The van der Waals surface area contributed by atoms with Gasteiger partial charge in [-0.1, -0.05) is 11.3 Å². The number of ether oxygens (including phenoxy) is 2. The Labute approximate surface area is 283 Å². The Balaban J connectivity index is 0.941. The van der Waals surface area contributed by atoms with E-state index in [-0.39, 0.29) is 36.5 Å². The van der Waals surface area contributed by atoms with Crippen molar-refractivity contribution in [2.75, 3.05) is 32.1 Å². The average molecular weight is 672 g/mol. The van der Waals surface area contributed by atoms with Crippen molar-refractivity contribution in [3.8, 4) is 16.9 Å². The molecule has 2 amide bonds. The predicted molar refractivity (Wildman–Crippen MR) is 182 cm³/mol. The summed E-state index contributed by atoms with van der Waals surface area (Å²) in [5.74, 6) is 1.16. The Morgan fingerprint density at radius 1 is 1.10 bits per heavy atom. The number of nitrogens with zero attached hydrogens (tertiary/aromatic N) is 6. The zero-order valence-corrected chi connectivity index (χ0v) is 28.3. The monoisotopic (exact) mass is 671 g/mol. The molecule has 1 aliphatic heterocycles. The normalized spacial score (nSPS) is 24.4. The molecule has 13 heteroatoms. The van der Waals surface area contributed by atoms with E-state index in [0.29, 0.717) is 41.4 Å². The minimum Gasteiger partial charge on any atom is -0.495 e. The Morgan fingerprint density at radius 3 is 2.62 bits per heavy atom. The molecule has 3 atom stereocenters. The number of hydrogen-bond donors (Lipinski definition) is 2. The molecule has 4 heterocycles. The molecule has 3 fully saturated rings. The zero-order chi connectivity index (χ0) is 33.4. The highest BCUT2D eigenvalue weighted by molar-refractivity contribution is 7.22. The van der Waals surface area contributed by atoms with Gasteiger partial charge in [-0.25, -0.2) is 15.0 Å². The second kappa shape index (κ2) is 13.8. The van der Waals surface area contributed by atoms with Crippen LogP contribution in [0.4, 0.5) is 5.13 Å². The summed E-state index contributed by atoms with van der Waals surface area (Å²) in [6.45, 7) is 6.43. The van der Waals surface area contributed by atoms with Crippen LogP contribution in [-0.4, -0.2) is 97.7 Å². The van der Waals surface area contributed by atoms with Gasteiger partial charge in [-0.05, 0) is 70.2 Å². The number of piperazine rings is 1. The third-order valence-electron chi connectivity index (χ3n) is 9.87. The summed E-state index contributed by atoms with van der Waals surface area (Å²) in [6.07, 6.45) is 8.76. The first-order valence-electron chi connectivity index (χ1n) is 16.6. The summed E-state index contributed by atoms with van der Waals surface area (Å²) in [4.78, 5) is 48.5. The van der Waals surface area contributed by atoms with Crippen molar-refractivity contribution in [2.24, 2.45) is 5.92 Å². The Morgan fingerprint density at radius 2 is 1.92 bits per heavy atom. The van der Waals surface area contributed by atoms with E-state index in [4.69, 9.17) is 9.47 Å². The summed E-state index contributed by atoms with van der Waals surface area (Å²) < 4.78 is 12.5. The van der Waals surface area contributed by atoms with E-state index in [0.717, 1.165) is 65.7 Å². The summed E-state index contributed by atoms with van der Waals surface area (Å²) in [7, 11) is 1.62. The quantitative estimate of drug-likeness (QED) is 0.262. The molecule has 0 spiro atoms. The highest BCUT2D eigenvalue weighted by Crippen LogP contribution is 2.41. The number of amides is 2. The van der Waals surface area contributed by atoms with Gasteiger partial charge in [0.15, 0.2) is 11.0 Å². The van der Waals surface area contributed by atoms with E-state index in [1.165, 1.54) is 11.3 Å². The van der Waals surface area contributed by atoms with Gasteiger partial charge in [0.25, 0.3) is 5.91 Å². The number of methoxy groups -OCH3 is 1. The van der Waals surface area contributed by atoms with Gasteiger partial charge >= 0.3 is 0 Å². The maximum Gasteiger partial charge on any atom is 0.254 e. The number of aryl methyl sites for hydroxylation is 1. The van der Waals surface area contributed by atoms with Gasteiger partial charge in [0.1, 0.15) is 12.4 Å². The number of aliphatic hydroxyl groups is 1. The van der Waals surface area contributed by atoms with E-state index >= 15 is 0 Å². The summed E-state index contributed by atoms with van der Waals surface area (Å²) >= 11 is 1.39. The summed E-state index contributed by atoms with van der Waals surface area (Å²) in [5, 5.41) is 13.6. The van der Waals surface area contributed by atoms with Gasteiger partial charge in [-0.15, -0.1) is 0 Å². The molecule has 2 saturated carbocycles. The van der Waals surface area contributed by atoms with Crippen molar-refractivity contribution < 1.29 is 24.2 Å². The van der Waals surface area contributed by atoms with Gasteiger partial charge in [0, 0.05) is 78.6 Å². The Hall–Kier alpha value is -4.04. The number of rotatable bonds is 9. The lowest BCUT2D eigenvalue weighted by Gasteiger charge is -2.49. The van der Waals surface area contributed by atoms with Crippen molar-refractivity contribution >= 4 is 38.5 Å². The van der Waals surface area contributed by atoms with Crippen LogP contribution < -0.4 is 10.1 Å². The number of aliphatic hydroxyl groups excluding tert-OH is 1. The fraction of sp³-hybridized carbons (Fsp3) is 0.486. The number of carbonyl (C=O) groups excluding carboxylic acids is 2. The van der Waals surface area contributed by atoms with Gasteiger partial charge in [-0.3, -0.25) is 19.5 Å². The summed E-state index contributed by atoms with van der Waals surface area (Å²) in [5.41, 5.74) is 3.88. The molecule has 48 heavy (non-hydrogen) atoms. The van der Waals surface area contributed by atoms with Crippen molar-refractivity contribution in [3.05, 3.63) is 59.9 Å². The van der Waals surface area contributed by atoms with E-state index < -0.39 is 6.10 Å². The van der Waals surface area contributed by atoms with E-state index in [1.54, 1.807) is 31.8 Å². The topological polar surface area (TPSA) is 143 Å². The predicted octanol–water partition coefficient (Wildman–Crippen LogP) is 4.46. The van der Waals surface area contributed by atoms with Crippen LogP contribution in [0.25, 0.3) is 21.3 Å². The molecule has 1 saturated heterocycles. The highest BCUT2D eigenvalue weighted by atomic mass is 32.1. The number of benzene rings is 1. The molecule has 4 aromatic rings. The first-order valence-corrected chi connectivity index (χ1v) is 17.5. The van der Waals surface area contributed by atoms with Crippen LogP contribution in [0.15, 0.2) is 42.9 Å². The maximum atomic E-state index is 13.2. The minimum absolute atomic E-state index is 0.0182. The minimum atomic E-state index is -0.419. The lowest BCUT2D eigenvalue weighted by Crippen LogP contribution is -2.60. The fourth-order valence-electron chi connectivity index (χ4n) is 7.14. The van der Waals surface area contributed by atoms with Crippen molar-refractivity contribution in [3.63, 3.8) is 0 Å². The van der Waals surface area contributed by atoms with Crippen LogP contribution in [0.1, 0.15) is 60.9 Å². The van der Waals surface area contributed by atoms with Crippen molar-refractivity contribution in [1.29, 1.82) is 0 Å². The number of carbonyl (C=O) groups is 2. The molecule has 0 bridgehead atoms. The van der Waals surface area contributed by atoms with E-state index in [2.05, 4.69) is 37.1 Å². The molecule has 0 unspecified atom stereocenters. The molecule has 3 aliphatic rings. The maximum absolute atomic E-state index is 13.2. The molecule has 1 aromatic carbocycles. The number of fused-ring (bicyclic) bond motifs is 1. The first-order chi connectivity index (χ1) is 23.3. The molecule has 12 nitrogen and oxygen atoms in total. The lowest BCUT2D eigenvalue weighted by molar-refractivity contribution is -0.125. The third kappa shape index (κ3) is 6.64. The molecule has 3 aromatic heterocycles. The molecule has 252 valence electrons. The van der Waals surface area contributed by atoms with Crippen LogP contribution in [0, 0.1) is 12.8 Å². The average Bonchev–Trinajstić information content (AvgIpc) is 3.68. The number of anilines is 1.